The summed E-state index contributed by atoms with van der Waals surface area (Å²) < 4.78 is 4.44. The monoisotopic (exact) mass is 225 g/mol. The molecule has 1 aromatic rings. The molecule has 1 N–H and O–H groups in total. The van der Waals surface area contributed by atoms with Gasteiger partial charge in [0.25, 0.3) is 0 Å². The average Bonchev–Trinajstić information content (AvgIpc) is 2.29. The fourth-order valence-electron chi connectivity index (χ4n) is 1.08. The van der Waals surface area contributed by atoms with Gasteiger partial charge in [-0.25, -0.2) is 0 Å². The van der Waals surface area contributed by atoms with Crippen molar-refractivity contribution in [2.24, 2.45) is 0 Å². The molecule has 0 fully saturated rings. The number of esters is 1. The minimum absolute atomic E-state index is 0.118. The highest BCUT2D eigenvalue weighted by molar-refractivity contribution is 5.70. The SMILES string of the molecule is COC(=O)CCNc1ccncc1[N+](=O)[O-]. The lowest BCUT2D eigenvalue weighted by atomic mass is 10.3. The first-order valence-electron chi connectivity index (χ1n) is 4.54. The number of carbonyl (C=O) groups excluding carboxylic acids is 1. The third-order valence-electron chi connectivity index (χ3n) is 1.87. The van der Waals surface area contributed by atoms with Gasteiger partial charge in [0, 0.05) is 12.7 Å². The molecule has 7 nitrogen and oxygen atoms in total. The van der Waals surface area contributed by atoms with Gasteiger partial charge in [-0.05, 0) is 6.07 Å². The molecule has 0 spiro atoms. The normalized spacial score (nSPS) is 9.56. The summed E-state index contributed by atoms with van der Waals surface area (Å²) in [6, 6.07) is 1.48. The van der Waals surface area contributed by atoms with Crippen molar-refractivity contribution in [3.05, 3.63) is 28.6 Å². The van der Waals surface area contributed by atoms with Crippen LogP contribution < -0.4 is 5.32 Å². The molecule has 0 saturated heterocycles. The first kappa shape index (κ1) is 11.9. The number of nitrogens with one attached hydrogen (secondary N) is 1. The van der Waals surface area contributed by atoms with Crippen LogP contribution in [0.3, 0.4) is 0 Å². The van der Waals surface area contributed by atoms with Crippen molar-refractivity contribution in [1.29, 1.82) is 0 Å². The number of hydrogen-bond acceptors (Lipinski definition) is 6. The summed E-state index contributed by atoms with van der Waals surface area (Å²) in [7, 11) is 1.29. The van der Waals surface area contributed by atoms with Gasteiger partial charge < -0.3 is 10.1 Å². The number of hydrogen-bond donors (Lipinski definition) is 1. The van der Waals surface area contributed by atoms with Gasteiger partial charge in [-0.3, -0.25) is 19.9 Å². The van der Waals surface area contributed by atoms with E-state index in [2.05, 4.69) is 15.0 Å². The highest BCUT2D eigenvalue weighted by Gasteiger charge is 2.12. The first-order chi connectivity index (χ1) is 7.65. The van der Waals surface area contributed by atoms with Crippen molar-refractivity contribution < 1.29 is 14.5 Å². The van der Waals surface area contributed by atoms with Gasteiger partial charge in [0.15, 0.2) is 0 Å². The van der Waals surface area contributed by atoms with Gasteiger partial charge in [-0.15, -0.1) is 0 Å². The Balaban J connectivity index is 2.60. The summed E-state index contributed by atoms with van der Waals surface area (Å²) in [5, 5.41) is 13.4. The number of methoxy groups -OCH3 is 1. The van der Waals surface area contributed by atoms with E-state index in [0.29, 0.717) is 5.69 Å². The number of carbonyl (C=O) groups is 1. The zero-order chi connectivity index (χ0) is 12.0. The highest BCUT2D eigenvalue weighted by Crippen LogP contribution is 2.21. The molecular formula is C9H11N3O4. The largest absolute Gasteiger partial charge is 0.469 e. The van der Waals surface area contributed by atoms with E-state index in [1.807, 2.05) is 0 Å². The van der Waals surface area contributed by atoms with Crippen LogP contribution in [-0.2, 0) is 9.53 Å². The van der Waals surface area contributed by atoms with Gasteiger partial charge >= 0.3 is 11.7 Å². The number of nitro groups is 1. The minimum atomic E-state index is -0.534. The molecule has 0 atom stereocenters. The van der Waals surface area contributed by atoms with Gasteiger partial charge in [-0.2, -0.15) is 0 Å². The van der Waals surface area contributed by atoms with Crippen LogP contribution in [0, 0.1) is 10.1 Å². The molecule has 0 aliphatic rings. The number of nitrogens with zero attached hydrogens (tertiary/aromatic N) is 2. The van der Waals surface area contributed by atoms with Crippen molar-refractivity contribution in [1.82, 2.24) is 4.98 Å². The van der Waals surface area contributed by atoms with E-state index in [1.54, 1.807) is 0 Å². The van der Waals surface area contributed by atoms with Crippen LogP contribution in [0.4, 0.5) is 11.4 Å². The Labute approximate surface area is 91.6 Å². The maximum Gasteiger partial charge on any atom is 0.310 e. The van der Waals surface area contributed by atoms with Crippen molar-refractivity contribution in [2.45, 2.75) is 6.42 Å². The summed E-state index contributed by atoms with van der Waals surface area (Å²) in [5.41, 5.74) is 0.219. The zero-order valence-electron chi connectivity index (χ0n) is 8.67. The summed E-state index contributed by atoms with van der Waals surface area (Å²) in [6.45, 7) is 0.275. The fraction of sp³-hybridized carbons (Fsp3) is 0.333. The summed E-state index contributed by atoms with van der Waals surface area (Å²) >= 11 is 0. The Morgan fingerprint density at radius 3 is 3.06 bits per heavy atom. The lowest BCUT2D eigenvalue weighted by Gasteiger charge is -2.05. The topological polar surface area (TPSA) is 94.4 Å². The predicted molar refractivity (Wildman–Crippen MR) is 56.0 cm³/mol. The molecule has 1 aromatic heterocycles. The van der Waals surface area contributed by atoms with Crippen molar-refractivity contribution in [3.8, 4) is 0 Å². The Morgan fingerprint density at radius 2 is 2.44 bits per heavy atom. The van der Waals surface area contributed by atoms with E-state index in [1.165, 1.54) is 19.4 Å². The second-order valence-electron chi connectivity index (χ2n) is 2.90. The highest BCUT2D eigenvalue weighted by atomic mass is 16.6. The predicted octanol–water partition coefficient (Wildman–Crippen LogP) is 0.965. The van der Waals surface area contributed by atoms with Crippen LogP contribution in [0.2, 0.25) is 0 Å². The lowest BCUT2D eigenvalue weighted by Crippen LogP contribution is -2.10. The molecule has 0 unspecified atom stereocenters. The Hall–Kier alpha value is -2.18. The lowest BCUT2D eigenvalue weighted by molar-refractivity contribution is -0.384. The molecule has 0 amide bonds. The third-order valence-corrected chi connectivity index (χ3v) is 1.87. The third kappa shape index (κ3) is 3.19. The summed E-state index contributed by atoms with van der Waals surface area (Å²) in [6.07, 6.45) is 2.74. The number of anilines is 1. The van der Waals surface area contributed by atoms with Gasteiger partial charge in [0.2, 0.25) is 0 Å². The molecule has 0 aromatic carbocycles. The molecule has 1 rings (SSSR count). The van der Waals surface area contributed by atoms with Gasteiger partial charge in [0.1, 0.15) is 11.9 Å². The van der Waals surface area contributed by atoms with E-state index in [4.69, 9.17) is 0 Å². The van der Waals surface area contributed by atoms with E-state index >= 15 is 0 Å². The van der Waals surface area contributed by atoms with Crippen LogP contribution in [-0.4, -0.2) is 29.5 Å². The number of pyridine rings is 1. The van der Waals surface area contributed by atoms with E-state index < -0.39 is 4.92 Å². The molecule has 0 radical (unpaired) electrons. The number of rotatable bonds is 5. The standard InChI is InChI=1S/C9H11N3O4/c1-16-9(13)3-5-11-7-2-4-10-6-8(7)12(14)15/h2,4,6H,3,5H2,1H3,(H,10,11). The molecule has 0 bridgehead atoms. The molecule has 0 aliphatic heterocycles. The smallest absolute Gasteiger partial charge is 0.310 e. The van der Waals surface area contributed by atoms with Gasteiger partial charge in [-0.1, -0.05) is 0 Å². The number of aromatic nitrogens is 1. The van der Waals surface area contributed by atoms with Crippen LogP contribution in [0.5, 0.6) is 0 Å². The zero-order valence-corrected chi connectivity index (χ0v) is 8.67. The van der Waals surface area contributed by atoms with E-state index in [9.17, 15) is 14.9 Å². The molecule has 16 heavy (non-hydrogen) atoms. The summed E-state index contributed by atoms with van der Waals surface area (Å²) in [4.78, 5) is 24.5. The Bertz CT molecular complexity index is 394. The molecule has 86 valence electrons. The molecule has 0 saturated carbocycles. The quantitative estimate of drug-likeness (QED) is 0.455. The maximum absolute atomic E-state index is 10.8. The second kappa shape index (κ2) is 5.64. The van der Waals surface area contributed by atoms with E-state index in [-0.39, 0.29) is 24.6 Å². The van der Waals surface area contributed by atoms with Crippen molar-refractivity contribution >= 4 is 17.3 Å². The van der Waals surface area contributed by atoms with Crippen LogP contribution in [0.1, 0.15) is 6.42 Å². The van der Waals surface area contributed by atoms with Crippen LogP contribution in [0.25, 0.3) is 0 Å². The van der Waals surface area contributed by atoms with Gasteiger partial charge in [0.05, 0.1) is 18.5 Å². The first-order valence-corrected chi connectivity index (χ1v) is 4.54. The van der Waals surface area contributed by atoms with E-state index in [0.717, 1.165) is 6.20 Å². The molecule has 0 aliphatic carbocycles. The fourth-order valence-corrected chi connectivity index (χ4v) is 1.08. The number of ether oxygens (including phenoxy) is 1. The second-order valence-corrected chi connectivity index (χ2v) is 2.90. The average molecular weight is 225 g/mol. The maximum atomic E-state index is 10.8. The van der Waals surface area contributed by atoms with Crippen molar-refractivity contribution in [3.63, 3.8) is 0 Å². The summed E-state index contributed by atoms with van der Waals surface area (Å²) in [5.74, 6) is -0.371. The molecular weight excluding hydrogens is 214 g/mol. The molecule has 7 heteroatoms. The van der Waals surface area contributed by atoms with Crippen LogP contribution >= 0.6 is 0 Å². The molecule has 1 heterocycles. The Morgan fingerprint density at radius 1 is 1.69 bits per heavy atom. The van der Waals surface area contributed by atoms with Crippen LogP contribution in [0.15, 0.2) is 18.5 Å². The Kier molecular flexibility index (Phi) is 4.19. The van der Waals surface area contributed by atoms with Crippen molar-refractivity contribution in [2.75, 3.05) is 19.0 Å². The minimum Gasteiger partial charge on any atom is -0.469 e.